The maximum absolute atomic E-state index is 12.5. The number of benzene rings is 2. The number of rotatable bonds is 6. The summed E-state index contributed by atoms with van der Waals surface area (Å²) < 4.78 is 9.31. The van der Waals surface area contributed by atoms with Crippen molar-refractivity contribution in [1.82, 2.24) is 10.6 Å². The fourth-order valence-corrected chi connectivity index (χ4v) is 3.67. The molecule has 0 heterocycles. The summed E-state index contributed by atoms with van der Waals surface area (Å²) in [4.78, 5) is 47.9. The summed E-state index contributed by atoms with van der Waals surface area (Å²) in [6, 6.07) is 12.7. The highest BCUT2D eigenvalue weighted by Crippen LogP contribution is 2.20. The third-order valence-corrected chi connectivity index (χ3v) is 5.53. The van der Waals surface area contributed by atoms with Crippen LogP contribution in [0.4, 0.5) is 0 Å². The number of methoxy groups -OCH3 is 2. The summed E-state index contributed by atoms with van der Waals surface area (Å²) in [5, 5.41) is 6.03. The molecule has 8 heteroatoms. The lowest BCUT2D eigenvalue weighted by Crippen LogP contribution is -2.43. The van der Waals surface area contributed by atoms with Crippen LogP contribution >= 0.6 is 0 Å². The van der Waals surface area contributed by atoms with Crippen molar-refractivity contribution >= 4 is 23.8 Å². The third-order valence-electron chi connectivity index (χ3n) is 5.53. The summed E-state index contributed by atoms with van der Waals surface area (Å²) in [5.74, 6) is -1.28. The number of hydrogen-bond donors (Lipinski definition) is 2. The van der Waals surface area contributed by atoms with Crippen LogP contribution in [0, 0.1) is 0 Å². The maximum atomic E-state index is 12.5. The molecule has 1 fully saturated rings. The molecule has 168 valence electrons. The molecule has 2 aromatic carbocycles. The predicted octanol–water partition coefficient (Wildman–Crippen LogP) is 2.73. The molecule has 1 aliphatic carbocycles. The molecule has 1 aliphatic rings. The van der Waals surface area contributed by atoms with Crippen LogP contribution in [0.2, 0.25) is 0 Å². The second-order valence-corrected chi connectivity index (χ2v) is 7.63. The van der Waals surface area contributed by atoms with Gasteiger partial charge in [-0.25, -0.2) is 9.59 Å². The largest absolute Gasteiger partial charge is 0.465 e. The molecule has 32 heavy (non-hydrogen) atoms. The molecule has 0 bridgehead atoms. The Labute approximate surface area is 186 Å². The average molecular weight is 438 g/mol. The van der Waals surface area contributed by atoms with Crippen molar-refractivity contribution in [3.05, 3.63) is 70.8 Å². The zero-order valence-corrected chi connectivity index (χ0v) is 18.1. The van der Waals surface area contributed by atoms with E-state index in [2.05, 4.69) is 20.1 Å². The van der Waals surface area contributed by atoms with Gasteiger partial charge in [0.2, 0.25) is 0 Å². The van der Waals surface area contributed by atoms with Gasteiger partial charge < -0.3 is 20.1 Å². The number of esters is 2. The lowest BCUT2D eigenvalue weighted by Gasteiger charge is -2.29. The lowest BCUT2D eigenvalue weighted by molar-refractivity contribution is 0.0592. The van der Waals surface area contributed by atoms with Gasteiger partial charge in [-0.1, -0.05) is 0 Å². The first kappa shape index (κ1) is 23.0. The van der Waals surface area contributed by atoms with Crippen LogP contribution in [0.1, 0.15) is 67.1 Å². The Hall–Kier alpha value is -3.68. The highest BCUT2D eigenvalue weighted by molar-refractivity contribution is 5.97. The van der Waals surface area contributed by atoms with Gasteiger partial charge in [0, 0.05) is 23.2 Å². The van der Waals surface area contributed by atoms with E-state index in [0.29, 0.717) is 22.3 Å². The monoisotopic (exact) mass is 438 g/mol. The van der Waals surface area contributed by atoms with E-state index in [1.54, 1.807) is 48.5 Å². The molecule has 2 N–H and O–H groups in total. The van der Waals surface area contributed by atoms with Gasteiger partial charge in [-0.15, -0.1) is 0 Å². The van der Waals surface area contributed by atoms with Gasteiger partial charge in [0.05, 0.1) is 25.3 Å². The molecule has 3 rings (SSSR count). The second-order valence-electron chi connectivity index (χ2n) is 7.63. The molecule has 0 saturated heterocycles. The van der Waals surface area contributed by atoms with E-state index in [4.69, 9.17) is 0 Å². The Kier molecular flexibility index (Phi) is 7.59. The Morgan fingerprint density at radius 2 is 0.875 bits per heavy atom. The van der Waals surface area contributed by atoms with Crippen molar-refractivity contribution in [2.45, 2.75) is 37.8 Å². The number of ether oxygens (including phenoxy) is 2. The quantitative estimate of drug-likeness (QED) is 0.671. The minimum absolute atomic E-state index is 0.0234. The third kappa shape index (κ3) is 5.72. The minimum atomic E-state index is -0.447. The van der Waals surface area contributed by atoms with Crippen molar-refractivity contribution < 1.29 is 28.7 Å². The normalized spacial score (nSPS) is 17.7. The zero-order valence-electron chi connectivity index (χ0n) is 18.1. The Balaban J connectivity index is 1.46. The first-order valence-corrected chi connectivity index (χ1v) is 10.4. The minimum Gasteiger partial charge on any atom is -0.465 e. The summed E-state index contributed by atoms with van der Waals surface area (Å²) in [6.07, 6.45) is 2.99. The molecule has 8 nitrogen and oxygen atoms in total. The molecule has 2 aromatic rings. The molecule has 2 amide bonds. The van der Waals surface area contributed by atoms with Gasteiger partial charge in [-0.05, 0) is 74.2 Å². The van der Waals surface area contributed by atoms with Crippen molar-refractivity contribution in [2.75, 3.05) is 14.2 Å². The first-order chi connectivity index (χ1) is 15.4. The van der Waals surface area contributed by atoms with Gasteiger partial charge >= 0.3 is 11.9 Å². The summed E-state index contributed by atoms with van der Waals surface area (Å²) in [7, 11) is 2.62. The molecule has 0 atom stereocenters. The van der Waals surface area contributed by atoms with Gasteiger partial charge in [0.1, 0.15) is 0 Å². The predicted molar refractivity (Wildman–Crippen MR) is 117 cm³/mol. The molecule has 0 spiro atoms. The average Bonchev–Trinajstić information content (AvgIpc) is 2.84. The molecule has 0 unspecified atom stereocenters. The SMILES string of the molecule is COC(=O)c1ccc(C(=O)NC2CCC(NC(=O)c3ccc(C(=O)OC)cc3)CC2)cc1. The topological polar surface area (TPSA) is 111 Å². The van der Waals surface area contributed by atoms with E-state index >= 15 is 0 Å². The van der Waals surface area contributed by atoms with E-state index in [-0.39, 0.29) is 23.9 Å². The number of nitrogens with one attached hydrogen (secondary N) is 2. The van der Waals surface area contributed by atoms with E-state index in [1.165, 1.54) is 14.2 Å². The molecular formula is C24H26N2O6. The van der Waals surface area contributed by atoms with Crippen LogP contribution < -0.4 is 10.6 Å². The van der Waals surface area contributed by atoms with Gasteiger partial charge in [0.15, 0.2) is 0 Å². The van der Waals surface area contributed by atoms with Gasteiger partial charge in [0.25, 0.3) is 11.8 Å². The van der Waals surface area contributed by atoms with Crippen LogP contribution in [0.3, 0.4) is 0 Å². The standard InChI is InChI=1S/C24H26N2O6/c1-31-23(29)17-7-3-15(4-8-17)21(27)25-19-11-13-20(14-12-19)26-22(28)16-5-9-18(10-6-16)24(30)32-2/h3-10,19-20H,11-14H2,1-2H3,(H,25,27)(H,26,28). The lowest BCUT2D eigenvalue weighted by atomic mass is 9.90. The fourth-order valence-electron chi connectivity index (χ4n) is 3.67. The highest BCUT2D eigenvalue weighted by Gasteiger charge is 2.24. The van der Waals surface area contributed by atoms with Crippen molar-refractivity contribution in [2.24, 2.45) is 0 Å². The molecular weight excluding hydrogens is 412 g/mol. The van der Waals surface area contributed by atoms with E-state index in [1.807, 2.05) is 0 Å². The first-order valence-electron chi connectivity index (χ1n) is 10.4. The van der Waals surface area contributed by atoms with Crippen LogP contribution in [-0.4, -0.2) is 50.1 Å². The van der Waals surface area contributed by atoms with E-state index in [0.717, 1.165) is 25.7 Å². The molecule has 0 aliphatic heterocycles. The zero-order chi connectivity index (χ0) is 23.1. The number of carbonyl (C=O) groups excluding carboxylic acids is 4. The van der Waals surface area contributed by atoms with Crippen LogP contribution in [0.15, 0.2) is 48.5 Å². The number of hydrogen-bond acceptors (Lipinski definition) is 6. The number of carbonyl (C=O) groups is 4. The summed E-state index contributed by atoms with van der Waals surface area (Å²) >= 11 is 0. The second kappa shape index (κ2) is 10.6. The molecule has 0 aromatic heterocycles. The van der Waals surface area contributed by atoms with Crippen molar-refractivity contribution in [3.8, 4) is 0 Å². The summed E-state index contributed by atoms with van der Waals surface area (Å²) in [6.45, 7) is 0. The van der Waals surface area contributed by atoms with Crippen molar-refractivity contribution in [1.29, 1.82) is 0 Å². The Bertz CT molecular complexity index is 895. The Morgan fingerprint density at radius 1 is 0.594 bits per heavy atom. The molecule has 1 saturated carbocycles. The highest BCUT2D eigenvalue weighted by atomic mass is 16.5. The summed E-state index contributed by atoms with van der Waals surface area (Å²) in [5.41, 5.74) is 1.73. The Morgan fingerprint density at radius 3 is 1.16 bits per heavy atom. The van der Waals surface area contributed by atoms with Gasteiger partial charge in [-0.3, -0.25) is 9.59 Å². The smallest absolute Gasteiger partial charge is 0.337 e. The van der Waals surface area contributed by atoms with E-state index in [9.17, 15) is 19.2 Å². The van der Waals surface area contributed by atoms with E-state index < -0.39 is 11.9 Å². The maximum Gasteiger partial charge on any atom is 0.337 e. The van der Waals surface area contributed by atoms with Crippen molar-refractivity contribution in [3.63, 3.8) is 0 Å². The fraction of sp³-hybridized carbons (Fsp3) is 0.333. The van der Waals surface area contributed by atoms with Gasteiger partial charge in [-0.2, -0.15) is 0 Å². The molecule has 0 radical (unpaired) electrons. The number of amides is 2. The van der Waals surface area contributed by atoms with Crippen LogP contribution in [0.25, 0.3) is 0 Å². The van der Waals surface area contributed by atoms with Crippen LogP contribution in [0.5, 0.6) is 0 Å². The van der Waals surface area contributed by atoms with Crippen LogP contribution in [-0.2, 0) is 9.47 Å².